The molecule has 0 radical (unpaired) electrons. The van der Waals surface area contributed by atoms with Crippen LogP contribution in [0.3, 0.4) is 0 Å². The van der Waals surface area contributed by atoms with Crippen molar-refractivity contribution in [3.05, 3.63) is 26.7 Å². The van der Waals surface area contributed by atoms with Gasteiger partial charge in [0.05, 0.1) is 19.2 Å². The van der Waals surface area contributed by atoms with Crippen LogP contribution in [-0.2, 0) is 6.54 Å². The highest BCUT2D eigenvalue weighted by Crippen LogP contribution is 2.36. The van der Waals surface area contributed by atoms with Gasteiger partial charge in [0.2, 0.25) is 0 Å². The van der Waals surface area contributed by atoms with Crippen LogP contribution in [0.25, 0.3) is 0 Å². The first-order chi connectivity index (χ1) is 8.84. The number of rotatable bonds is 4. The first-order valence-corrected chi connectivity index (χ1v) is 7.06. The minimum atomic E-state index is -0.121. The second kappa shape index (κ2) is 6.40. The molecule has 0 spiro atoms. The van der Waals surface area contributed by atoms with E-state index in [-0.39, 0.29) is 6.04 Å². The number of hydrogen-bond acceptors (Lipinski definition) is 3. The molecular formula is C15H21BrN2O. The van der Waals surface area contributed by atoms with Gasteiger partial charge in [-0.2, -0.15) is 5.26 Å². The Hall–Kier alpha value is -1.05. The van der Waals surface area contributed by atoms with Crippen LogP contribution >= 0.6 is 15.9 Å². The molecule has 1 unspecified atom stereocenters. The lowest BCUT2D eigenvalue weighted by atomic mass is 9.98. The van der Waals surface area contributed by atoms with Gasteiger partial charge in [0, 0.05) is 16.6 Å². The molecule has 1 atom stereocenters. The summed E-state index contributed by atoms with van der Waals surface area (Å²) >= 11 is 3.65. The molecule has 0 aliphatic heterocycles. The summed E-state index contributed by atoms with van der Waals surface area (Å²) in [5, 5.41) is 9.00. The molecule has 104 valence electrons. The summed E-state index contributed by atoms with van der Waals surface area (Å²) in [6.45, 7) is 8.83. The number of nitrogens with zero attached hydrogens (tertiary/aromatic N) is 2. The van der Waals surface area contributed by atoms with Gasteiger partial charge >= 0.3 is 0 Å². The van der Waals surface area contributed by atoms with Crippen LogP contribution < -0.4 is 4.74 Å². The maximum Gasteiger partial charge on any atom is 0.126 e. The molecule has 0 aliphatic rings. The fourth-order valence-electron chi connectivity index (χ4n) is 2.10. The Morgan fingerprint density at radius 2 is 1.84 bits per heavy atom. The third kappa shape index (κ3) is 3.10. The molecule has 0 saturated carbocycles. The maximum absolute atomic E-state index is 9.00. The molecule has 19 heavy (non-hydrogen) atoms. The smallest absolute Gasteiger partial charge is 0.126 e. The van der Waals surface area contributed by atoms with Gasteiger partial charge in [-0.1, -0.05) is 15.9 Å². The first-order valence-electron chi connectivity index (χ1n) is 6.27. The Kier molecular flexibility index (Phi) is 5.39. The molecule has 3 nitrogen and oxygen atoms in total. The average Bonchev–Trinajstić information content (AvgIpc) is 2.41. The van der Waals surface area contributed by atoms with E-state index in [1.165, 1.54) is 11.1 Å². The van der Waals surface area contributed by atoms with Crippen molar-refractivity contribution >= 4 is 15.9 Å². The maximum atomic E-state index is 9.00. The number of nitriles is 1. The lowest BCUT2D eigenvalue weighted by molar-refractivity contribution is 0.287. The van der Waals surface area contributed by atoms with Crippen molar-refractivity contribution in [3.8, 4) is 11.8 Å². The summed E-state index contributed by atoms with van der Waals surface area (Å²) < 4.78 is 6.70. The van der Waals surface area contributed by atoms with E-state index in [4.69, 9.17) is 10.00 Å². The van der Waals surface area contributed by atoms with Crippen molar-refractivity contribution in [2.75, 3.05) is 14.2 Å². The zero-order valence-electron chi connectivity index (χ0n) is 12.5. The summed E-state index contributed by atoms with van der Waals surface area (Å²) in [7, 11) is 3.65. The molecule has 0 aliphatic carbocycles. The predicted octanol–water partition coefficient (Wildman–Crippen LogP) is 3.73. The van der Waals surface area contributed by atoms with Crippen molar-refractivity contribution in [1.82, 2.24) is 4.90 Å². The highest BCUT2D eigenvalue weighted by atomic mass is 79.9. The van der Waals surface area contributed by atoms with Gasteiger partial charge in [-0.3, -0.25) is 4.90 Å². The first kappa shape index (κ1) is 16.0. The van der Waals surface area contributed by atoms with Gasteiger partial charge in [-0.15, -0.1) is 0 Å². The van der Waals surface area contributed by atoms with E-state index >= 15 is 0 Å². The van der Waals surface area contributed by atoms with Gasteiger partial charge in [0.25, 0.3) is 0 Å². The lowest BCUT2D eigenvalue weighted by Gasteiger charge is -2.24. The van der Waals surface area contributed by atoms with E-state index < -0.39 is 0 Å². The van der Waals surface area contributed by atoms with Gasteiger partial charge in [-0.25, -0.2) is 0 Å². The fourth-order valence-corrected chi connectivity index (χ4v) is 2.63. The summed E-state index contributed by atoms with van der Waals surface area (Å²) in [5.74, 6) is 0.926. The molecule has 0 bridgehead atoms. The SMILES string of the molecule is COc1c(C)c(C)c(Br)c(C)c1CN(C)C(C)C#N. The molecule has 1 rings (SSSR count). The molecule has 1 aromatic carbocycles. The third-order valence-corrected chi connectivity index (χ3v) is 4.94. The summed E-state index contributed by atoms with van der Waals surface area (Å²) in [6.07, 6.45) is 0. The van der Waals surface area contributed by atoms with Gasteiger partial charge in [0.1, 0.15) is 5.75 Å². The Morgan fingerprint density at radius 1 is 1.26 bits per heavy atom. The van der Waals surface area contributed by atoms with Crippen molar-refractivity contribution in [2.45, 2.75) is 40.3 Å². The van der Waals surface area contributed by atoms with E-state index in [1.807, 2.05) is 18.9 Å². The monoisotopic (exact) mass is 324 g/mol. The number of methoxy groups -OCH3 is 1. The van der Waals surface area contributed by atoms with Gasteiger partial charge in [0.15, 0.2) is 0 Å². The van der Waals surface area contributed by atoms with Crippen LogP contribution in [0, 0.1) is 32.1 Å². The van der Waals surface area contributed by atoms with Crippen LogP contribution in [0.2, 0.25) is 0 Å². The number of benzene rings is 1. The van der Waals surface area contributed by atoms with Crippen molar-refractivity contribution in [3.63, 3.8) is 0 Å². The standard InChI is InChI=1S/C15H21BrN2O/c1-9(7-17)18(5)8-13-12(4)14(16)10(2)11(3)15(13)19-6/h9H,8H2,1-6H3. The second-order valence-electron chi connectivity index (χ2n) is 4.92. The quantitative estimate of drug-likeness (QED) is 0.846. The number of ether oxygens (including phenoxy) is 1. The van der Waals surface area contributed by atoms with Crippen molar-refractivity contribution in [1.29, 1.82) is 5.26 Å². The van der Waals surface area contributed by atoms with Gasteiger partial charge in [-0.05, 0) is 51.4 Å². The van der Waals surface area contributed by atoms with E-state index in [0.717, 1.165) is 21.3 Å². The topological polar surface area (TPSA) is 36.3 Å². The molecule has 0 heterocycles. The minimum Gasteiger partial charge on any atom is -0.496 e. The number of hydrogen-bond donors (Lipinski definition) is 0. The highest BCUT2D eigenvalue weighted by molar-refractivity contribution is 9.10. The van der Waals surface area contributed by atoms with E-state index in [2.05, 4.69) is 42.8 Å². The van der Waals surface area contributed by atoms with E-state index in [1.54, 1.807) is 7.11 Å². The Balaban J connectivity index is 3.31. The zero-order valence-corrected chi connectivity index (χ0v) is 14.1. The Labute approximate surface area is 124 Å². The molecular weight excluding hydrogens is 304 g/mol. The molecule has 0 saturated heterocycles. The fraction of sp³-hybridized carbons (Fsp3) is 0.533. The zero-order chi connectivity index (χ0) is 14.7. The Bertz CT molecular complexity index is 520. The van der Waals surface area contributed by atoms with E-state index in [9.17, 15) is 0 Å². The number of halogens is 1. The summed E-state index contributed by atoms with van der Waals surface area (Å²) in [4.78, 5) is 2.02. The molecule has 0 aromatic heterocycles. The summed E-state index contributed by atoms with van der Waals surface area (Å²) in [6, 6.07) is 2.14. The largest absolute Gasteiger partial charge is 0.496 e. The normalized spacial score (nSPS) is 12.4. The van der Waals surface area contributed by atoms with Crippen LogP contribution in [0.4, 0.5) is 0 Å². The molecule has 0 fully saturated rings. The van der Waals surface area contributed by atoms with Crippen molar-refractivity contribution < 1.29 is 4.74 Å². The molecule has 0 N–H and O–H groups in total. The van der Waals surface area contributed by atoms with Gasteiger partial charge < -0.3 is 4.74 Å². The highest BCUT2D eigenvalue weighted by Gasteiger charge is 2.19. The lowest BCUT2D eigenvalue weighted by Crippen LogP contribution is -2.27. The molecule has 4 heteroatoms. The van der Waals surface area contributed by atoms with Crippen LogP contribution in [0.1, 0.15) is 29.2 Å². The second-order valence-corrected chi connectivity index (χ2v) is 5.71. The van der Waals surface area contributed by atoms with Crippen LogP contribution in [-0.4, -0.2) is 25.1 Å². The minimum absolute atomic E-state index is 0.121. The predicted molar refractivity (Wildman–Crippen MR) is 81.4 cm³/mol. The summed E-state index contributed by atoms with van der Waals surface area (Å²) in [5.41, 5.74) is 4.67. The third-order valence-electron chi connectivity index (χ3n) is 3.75. The molecule has 0 amide bonds. The van der Waals surface area contributed by atoms with Crippen molar-refractivity contribution in [2.24, 2.45) is 0 Å². The molecule has 1 aromatic rings. The van der Waals surface area contributed by atoms with Crippen LogP contribution in [0.5, 0.6) is 5.75 Å². The van der Waals surface area contributed by atoms with E-state index in [0.29, 0.717) is 6.54 Å². The van der Waals surface area contributed by atoms with Crippen LogP contribution in [0.15, 0.2) is 4.47 Å². The Morgan fingerprint density at radius 3 is 2.32 bits per heavy atom. The average molecular weight is 325 g/mol.